The molecule has 0 radical (unpaired) electrons. The number of fused-ring (bicyclic) bond motifs is 5. The van der Waals surface area contributed by atoms with Gasteiger partial charge >= 0.3 is 0 Å². The molecule has 0 saturated carbocycles. The van der Waals surface area contributed by atoms with Crippen molar-refractivity contribution in [3.63, 3.8) is 0 Å². The highest BCUT2D eigenvalue weighted by Gasteiger charge is 2.70. The van der Waals surface area contributed by atoms with E-state index in [1.807, 2.05) is 60.8 Å². The smallest absolute Gasteiger partial charge is 0.250 e. The van der Waals surface area contributed by atoms with Crippen molar-refractivity contribution in [3.05, 3.63) is 96.2 Å². The number of aromatic amines is 1. The van der Waals surface area contributed by atoms with Crippen molar-refractivity contribution in [2.45, 2.75) is 18.0 Å². The summed E-state index contributed by atoms with van der Waals surface area (Å²) in [5.41, 5.74) is 2.68. The van der Waals surface area contributed by atoms with Gasteiger partial charge in [-0.1, -0.05) is 54.6 Å². The lowest BCUT2D eigenvalue weighted by Crippen LogP contribution is -2.53. The molecule has 2 fully saturated rings. The minimum absolute atomic E-state index is 0.266. The summed E-state index contributed by atoms with van der Waals surface area (Å²) in [5, 5.41) is 7.54. The minimum atomic E-state index is -1.30. The SMILES string of the molecule is O=C1[C@@H]2[C@H](Cc3c[nH]c4ccccc34)N[C@@]3(C(=O)Nc4ccccc43)[C@H]2C(=O)N1c1ccccc1. The normalized spacial score (nSPS) is 27.0. The van der Waals surface area contributed by atoms with Gasteiger partial charge in [0.05, 0.1) is 17.5 Å². The van der Waals surface area contributed by atoms with Gasteiger partial charge in [0.15, 0.2) is 0 Å². The fourth-order valence-electron chi connectivity index (χ4n) is 6.30. The third kappa shape index (κ3) is 2.61. The summed E-state index contributed by atoms with van der Waals surface area (Å²) < 4.78 is 0. The van der Waals surface area contributed by atoms with Crippen molar-refractivity contribution in [1.82, 2.24) is 10.3 Å². The van der Waals surface area contributed by atoms with Gasteiger partial charge < -0.3 is 10.3 Å². The number of nitrogens with zero attached hydrogens (tertiary/aromatic N) is 1. The summed E-state index contributed by atoms with van der Waals surface area (Å²) in [5.74, 6) is -2.40. The molecule has 1 spiro atoms. The molecule has 7 nitrogen and oxygen atoms in total. The second-order valence-electron chi connectivity index (χ2n) is 9.47. The van der Waals surface area contributed by atoms with E-state index in [0.717, 1.165) is 22.0 Å². The number of amides is 3. The maximum Gasteiger partial charge on any atom is 0.250 e. The van der Waals surface area contributed by atoms with Gasteiger partial charge in [-0.3, -0.25) is 19.7 Å². The maximum absolute atomic E-state index is 14.0. The van der Waals surface area contributed by atoms with Gasteiger partial charge in [-0.15, -0.1) is 0 Å². The molecule has 35 heavy (non-hydrogen) atoms. The second-order valence-corrected chi connectivity index (χ2v) is 9.47. The van der Waals surface area contributed by atoms with Crippen LogP contribution in [0.5, 0.6) is 0 Å². The van der Waals surface area contributed by atoms with Gasteiger partial charge in [0.1, 0.15) is 5.54 Å². The van der Waals surface area contributed by atoms with Crippen LogP contribution in [0.4, 0.5) is 11.4 Å². The molecule has 3 aromatic carbocycles. The number of nitrogens with one attached hydrogen (secondary N) is 3. The number of para-hydroxylation sites is 3. The molecule has 4 atom stereocenters. The van der Waals surface area contributed by atoms with Gasteiger partial charge in [-0.2, -0.15) is 0 Å². The van der Waals surface area contributed by atoms with Crippen LogP contribution in [0.25, 0.3) is 10.9 Å². The molecule has 2 saturated heterocycles. The first kappa shape index (κ1) is 20.2. The zero-order valence-corrected chi connectivity index (χ0v) is 18.7. The van der Waals surface area contributed by atoms with E-state index < -0.39 is 23.4 Å². The predicted molar refractivity (Wildman–Crippen MR) is 132 cm³/mol. The van der Waals surface area contributed by atoms with E-state index in [4.69, 9.17) is 0 Å². The van der Waals surface area contributed by atoms with Crippen molar-refractivity contribution < 1.29 is 14.4 Å². The molecule has 7 heteroatoms. The number of hydrogen-bond donors (Lipinski definition) is 3. The van der Waals surface area contributed by atoms with Crippen molar-refractivity contribution in [2.24, 2.45) is 11.8 Å². The Morgan fingerprint density at radius 2 is 1.57 bits per heavy atom. The summed E-state index contributed by atoms with van der Waals surface area (Å²) in [6, 6.07) is 24.0. The first-order valence-electron chi connectivity index (χ1n) is 11.8. The third-order valence-electron chi connectivity index (χ3n) is 7.75. The lowest BCUT2D eigenvalue weighted by Gasteiger charge is -2.29. The van der Waals surface area contributed by atoms with Crippen molar-refractivity contribution in [3.8, 4) is 0 Å². The lowest BCUT2D eigenvalue weighted by molar-refractivity contribution is -0.130. The average Bonchev–Trinajstić information content (AvgIpc) is 3.59. The highest BCUT2D eigenvalue weighted by atomic mass is 16.2. The summed E-state index contributed by atoms with van der Waals surface area (Å²) in [6.07, 6.45) is 2.45. The fraction of sp³-hybridized carbons (Fsp3) is 0.179. The highest BCUT2D eigenvalue weighted by Crippen LogP contribution is 2.53. The second kappa shape index (κ2) is 7.13. The van der Waals surface area contributed by atoms with Crippen molar-refractivity contribution in [2.75, 3.05) is 10.2 Å². The molecule has 3 aliphatic heterocycles. The molecular formula is C28H22N4O3. The van der Waals surface area contributed by atoms with E-state index in [1.54, 1.807) is 24.3 Å². The summed E-state index contributed by atoms with van der Waals surface area (Å²) >= 11 is 0. The highest BCUT2D eigenvalue weighted by molar-refractivity contribution is 6.25. The molecule has 7 rings (SSSR count). The zero-order valence-electron chi connectivity index (χ0n) is 18.7. The Morgan fingerprint density at radius 1 is 0.829 bits per heavy atom. The predicted octanol–water partition coefficient (Wildman–Crippen LogP) is 3.34. The lowest BCUT2D eigenvalue weighted by atomic mass is 9.76. The molecular weight excluding hydrogens is 440 g/mol. The largest absolute Gasteiger partial charge is 0.361 e. The molecule has 0 bridgehead atoms. The number of hydrogen-bond acceptors (Lipinski definition) is 4. The maximum atomic E-state index is 14.0. The summed E-state index contributed by atoms with van der Waals surface area (Å²) in [7, 11) is 0. The van der Waals surface area contributed by atoms with Crippen molar-refractivity contribution >= 4 is 40.0 Å². The van der Waals surface area contributed by atoms with Gasteiger partial charge in [0, 0.05) is 34.4 Å². The molecule has 0 aliphatic carbocycles. The molecule has 0 unspecified atom stereocenters. The average molecular weight is 463 g/mol. The van der Waals surface area contributed by atoms with E-state index >= 15 is 0 Å². The van der Waals surface area contributed by atoms with Crippen LogP contribution in [0.1, 0.15) is 11.1 Å². The van der Waals surface area contributed by atoms with E-state index in [-0.39, 0.29) is 17.7 Å². The molecule has 4 heterocycles. The number of carbonyl (C=O) groups excluding carboxylic acids is 3. The number of aromatic nitrogens is 1. The summed E-state index contributed by atoms with van der Waals surface area (Å²) in [4.78, 5) is 46.0. The molecule has 4 aromatic rings. The van der Waals surface area contributed by atoms with Crippen LogP contribution in [0.3, 0.4) is 0 Å². The first-order chi connectivity index (χ1) is 17.1. The number of carbonyl (C=O) groups is 3. The Kier molecular flexibility index (Phi) is 4.11. The van der Waals surface area contributed by atoms with Gasteiger partial charge in [0.25, 0.3) is 0 Å². The monoisotopic (exact) mass is 462 g/mol. The van der Waals surface area contributed by atoms with Crippen LogP contribution < -0.4 is 15.5 Å². The fourth-order valence-corrected chi connectivity index (χ4v) is 6.30. The topological polar surface area (TPSA) is 94.3 Å². The van der Waals surface area contributed by atoms with Crippen LogP contribution in [-0.2, 0) is 26.3 Å². The Labute approximate surface area is 201 Å². The van der Waals surface area contributed by atoms with Crippen LogP contribution >= 0.6 is 0 Å². The minimum Gasteiger partial charge on any atom is -0.361 e. The standard InChI is InChI=1S/C28H22N4O3/c33-25-23-22(14-16-15-29-20-12-6-4-10-18(16)20)31-28(19-11-5-7-13-21(19)30-27(28)35)24(23)26(34)32(25)17-8-2-1-3-9-17/h1-13,15,22-24,29,31H,14H2,(H,30,35)/t22-,23+,24+,28+/m0/s1. The molecule has 1 aromatic heterocycles. The van der Waals surface area contributed by atoms with Crippen LogP contribution in [0, 0.1) is 11.8 Å². The zero-order chi connectivity index (χ0) is 23.7. The number of benzene rings is 3. The molecule has 3 aliphatic rings. The van der Waals surface area contributed by atoms with E-state index in [1.165, 1.54) is 4.90 Å². The van der Waals surface area contributed by atoms with Gasteiger partial charge in [-0.25, -0.2) is 4.90 Å². The number of H-pyrrole nitrogens is 1. The van der Waals surface area contributed by atoms with Gasteiger partial charge in [-0.05, 0) is 36.2 Å². The number of anilines is 2. The van der Waals surface area contributed by atoms with Gasteiger partial charge in [0.2, 0.25) is 17.7 Å². The Bertz CT molecular complexity index is 1530. The number of rotatable bonds is 3. The first-order valence-corrected chi connectivity index (χ1v) is 11.8. The van der Waals surface area contributed by atoms with E-state index in [9.17, 15) is 14.4 Å². The molecule has 172 valence electrons. The molecule has 3 amide bonds. The van der Waals surface area contributed by atoms with E-state index in [0.29, 0.717) is 17.8 Å². The third-order valence-corrected chi connectivity index (χ3v) is 7.75. The molecule has 3 N–H and O–H groups in total. The van der Waals surface area contributed by atoms with E-state index in [2.05, 4.69) is 15.6 Å². The summed E-state index contributed by atoms with van der Waals surface area (Å²) in [6.45, 7) is 0. The Balaban J connectivity index is 1.38. The number of imide groups is 1. The quantitative estimate of drug-likeness (QED) is 0.407. The Morgan fingerprint density at radius 3 is 2.43 bits per heavy atom. The van der Waals surface area contributed by atoms with Crippen LogP contribution in [-0.4, -0.2) is 28.7 Å². The van der Waals surface area contributed by atoms with Crippen LogP contribution in [0.15, 0.2) is 85.1 Å². The van der Waals surface area contributed by atoms with Crippen LogP contribution in [0.2, 0.25) is 0 Å². The Hall–Kier alpha value is -4.23. The van der Waals surface area contributed by atoms with Crippen molar-refractivity contribution in [1.29, 1.82) is 0 Å².